The molecule has 2 atom stereocenters. The van der Waals surface area contributed by atoms with E-state index in [1.807, 2.05) is 6.07 Å². The van der Waals surface area contributed by atoms with Crippen LogP contribution in [0.1, 0.15) is 24.8 Å². The number of nitriles is 1. The first-order chi connectivity index (χ1) is 8.19. The predicted molar refractivity (Wildman–Crippen MR) is 67.4 cm³/mol. The molecule has 4 nitrogen and oxygen atoms in total. The lowest BCUT2D eigenvalue weighted by atomic mass is 10.1. The number of benzene rings is 1. The molecule has 1 aromatic carbocycles. The van der Waals surface area contributed by atoms with E-state index in [0.29, 0.717) is 17.2 Å². The second-order valence-electron chi connectivity index (χ2n) is 4.63. The molecule has 4 N–H and O–H groups in total. The average Bonchev–Trinajstić information content (AvgIpc) is 2.74. The van der Waals surface area contributed by atoms with Gasteiger partial charge in [0.1, 0.15) is 6.07 Å². The van der Waals surface area contributed by atoms with Crippen molar-refractivity contribution >= 4 is 11.4 Å². The van der Waals surface area contributed by atoms with E-state index in [9.17, 15) is 5.11 Å². The highest BCUT2D eigenvalue weighted by molar-refractivity contribution is 5.61. The van der Waals surface area contributed by atoms with Crippen LogP contribution in [0.15, 0.2) is 18.2 Å². The van der Waals surface area contributed by atoms with Crippen molar-refractivity contribution in [2.75, 3.05) is 17.6 Å². The maximum Gasteiger partial charge on any atom is 0.101 e. The summed E-state index contributed by atoms with van der Waals surface area (Å²) < 4.78 is 0. The number of anilines is 2. The molecule has 0 bridgehead atoms. The first-order valence-electron chi connectivity index (χ1n) is 5.90. The van der Waals surface area contributed by atoms with Crippen molar-refractivity contribution in [3.8, 4) is 6.07 Å². The van der Waals surface area contributed by atoms with E-state index in [1.165, 1.54) is 0 Å². The fraction of sp³-hybridized carbons (Fsp3) is 0.462. The fourth-order valence-electron chi connectivity index (χ4n) is 2.26. The second-order valence-corrected chi connectivity index (χ2v) is 4.63. The number of nitrogens with zero attached hydrogens (tertiary/aromatic N) is 1. The van der Waals surface area contributed by atoms with E-state index in [2.05, 4.69) is 11.4 Å². The molecule has 0 aliphatic heterocycles. The summed E-state index contributed by atoms with van der Waals surface area (Å²) in [6.07, 6.45) is 2.70. The van der Waals surface area contributed by atoms with Gasteiger partial charge in [-0.15, -0.1) is 0 Å². The molecule has 1 aromatic rings. The van der Waals surface area contributed by atoms with E-state index in [4.69, 9.17) is 11.0 Å². The Morgan fingerprint density at radius 1 is 1.47 bits per heavy atom. The maximum absolute atomic E-state index is 9.43. The first kappa shape index (κ1) is 11.7. The van der Waals surface area contributed by atoms with E-state index < -0.39 is 0 Å². The summed E-state index contributed by atoms with van der Waals surface area (Å²) in [5.41, 5.74) is 7.58. The van der Waals surface area contributed by atoms with Gasteiger partial charge >= 0.3 is 0 Å². The van der Waals surface area contributed by atoms with Gasteiger partial charge in [-0.1, -0.05) is 0 Å². The molecule has 0 saturated heterocycles. The summed E-state index contributed by atoms with van der Waals surface area (Å²) in [6, 6.07) is 7.45. The van der Waals surface area contributed by atoms with Crippen LogP contribution in [0.3, 0.4) is 0 Å². The van der Waals surface area contributed by atoms with Crippen molar-refractivity contribution in [3.05, 3.63) is 23.8 Å². The second kappa shape index (κ2) is 5.07. The first-order valence-corrected chi connectivity index (χ1v) is 5.90. The van der Waals surface area contributed by atoms with Crippen LogP contribution < -0.4 is 11.1 Å². The number of nitrogen functional groups attached to an aromatic ring is 1. The average molecular weight is 231 g/mol. The Morgan fingerprint density at radius 3 is 2.94 bits per heavy atom. The minimum atomic E-state index is -0.136. The van der Waals surface area contributed by atoms with Gasteiger partial charge in [0.2, 0.25) is 0 Å². The summed E-state index contributed by atoms with van der Waals surface area (Å²) in [5, 5.41) is 21.6. The van der Waals surface area contributed by atoms with E-state index in [0.717, 1.165) is 31.5 Å². The van der Waals surface area contributed by atoms with Crippen LogP contribution in [0.5, 0.6) is 0 Å². The number of hydrogen-bond acceptors (Lipinski definition) is 4. The van der Waals surface area contributed by atoms with Gasteiger partial charge in [-0.3, -0.25) is 0 Å². The summed E-state index contributed by atoms with van der Waals surface area (Å²) in [6.45, 7) is 0.839. The molecule has 0 heterocycles. The zero-order chi connectivity index (χ0) is 12.3. The Kier molecular flexibility index (Phi) is 3.50. The molecule has 0 aromatic heterocycles. The highest BCUT2D eigenvalue weighted by Crippen LogP contribution is 2.26. The molecule has 0 radical (unpaired) electrons. The summed E-state index contributed by atoms with van der Waals surface area (Å²) in [5.74, 6) is 0.521. The summed E-state index contributed by atoms with van der Waals surface area (Å²) >= 11 is 0. The van der Waals surface area contributed by atoms with E-state index in [1.54, 1.807) is 12.1 Å². The molecule has 90 valence electrons. The largest absolute Gasteiger partial charge is 0.398 e. The number of nitrogens with one attached hydrogen (secondary N) is 1. The lowest BCUT2D eigenvalue weighted by Crippen LogP contribution is -2.12. The number of aliphatic hydroxyl groups is 1. The zero-order valence-corrected chi connectivity index (χ0v) is 9.69. The van der Waals surface area contributed by atoms with E-state index >= 15 is 0 Å². The third kappa shape index (κ3) is 2.89. The molecule has 4 heteroatoms. The Balaban J connectivity index is 1.93. The van der Waals surface area contributed by atoms with Gasteiger partial charge in [-0.05, 0) is 43.4 Å². The van der Waals surface area contributed by atoms with Crippen LogP contribution in [0.25, 0.3) is 0 Å². The fourth-order valence-corrected chi connectivity index (χ4v) is 2.26. The molecule has 1 aliphatic rings. The predicted octanol–water partition coefficient (Wildman–Crippen LogP) is 1.71. The molecular formula is C13H17N3O. The molecular weight excluding hydrogens is 214 g/mol. The molecule has 17 heavy (non-hydrogen) atoms. The molecule has 1 fully saturated rings. The SMILES string of the molecule is N#Cc1cc(NCC2CCC(O)C2)ccc1N. The molecule has 0 spiro atoms. The topological polar surface area (TPSA) is 82.1 Å². The van der Waals surface area contributed by atoms with Crippen LogP contribution in [-0.2, 0) is 0 Å². The van der Waals surface area contributed by atoms with Crippen LogP contribution in [0.2, 0.25) is 0 Å². The third-order valence-corrected chi connectivity index (χ3v) is 3.28. The van der Waals surface area contributed by atoms with Gasteiger partial charge in [0.15, 0.2) is 0 Å². The van der Waals surface area contributed by atoms with Crippen molar-refractivity contribution in [1.82, 2.24) is 0 Å². The Hall–Kier alpha value is -1.73. The molecule has 2 unspecified atom stereocenters. The van der Waals surface area contributed by atoms with Crippen molar-refractivity contribution in [2.24, 2.45) is 5.92 Å². The third-order valence-electron chi connectivity index (χ3n) is 3.28. The molecule has 2 rings (SSSR count). The summed E-state index contributed by atoms with van der Waals surface area (Å²) in [7, 11) is 0. The smallest absolute Gasteiger partial charge is 0.101 e. The summed E-state index contributed by atoms with van der Waals surface area (Å²) in [4.78, 5) is 0. The van der Waals surface area contributed by atoms with Gasteiger partial charge in [-0.2, -0.15) is 5.26 Å². The zero-order valence-electron chi connectivity index (χ0n) is 9.69. The number of nitrogens with two attached hydrogens (primary N) is 1. The van der Waals surface area contributed by atoms with Crippen molar-refractivity contribution < 1.29 is 5.11 Å². The van der Waals surface area contributed by atoms with Crippen LogP contribution >= 0.6 is 0 Å². The molecule has 1 saturated carbocycles. The van der Waals surface area contributed by atoms with Gasteiger partial charge in [0.25, 0.3) is 0 Å². The Bertz CT molecular complexity index is 439. The van der Waals surface area contributed by atoms with Crippen LogP contribution in [0.4, 0.5) is 11.4 Å². The van der Waals surface area contributed by atoms with Gasteiger partial charge < -0.3 is 16.2 Å². The minimum absolute atomic E-state index is 0.136. The Labute approximate surface area is 101 Å². The highest BCUT2D eigenvalue weighted by atomic mass is 16.3. The van der Waals surface area contributed by atoms with Gasteiger partial charge in [0.05, 0.1) is 11.7 Å². The maximum atomic E-state index is 9.43. The number of hydrogen-bond donors (Lipinski definition) is 3. The van der Waals surface area contributed by atoms with Crippen molar-refractivity contribution in [1.29, 1.82) is 5.26 Å². The van der Waals surface area contributed by atoms with Crippen molar-refractivity contribution in [2.45, 2.75) is 25.4 Å². The van der Waals surface area contributed by atoms with Crippen LogP contribution in [0, 0.1) is 17.2 Å². The normalized spacial score (nSPS) is 23.3. The molecule has 0 amide bonds. The number of aliphatic hydroxyl groups excluding tert-OH is 1. The Morgan fingerprint density at radius 2 is 2.29 bits per heavy atom. The van der Waals surface area contributed by atoms with E-state index in [-0.39, 0.29) is 6.10 Å². The van der Waals surface area contributed by atoms with Crippen LogP contribution in [-0.4, -0.2) is 17.8 Å². The minimum Gasteiger partial charge on any atom is -0.398 e. The molecule has 1 aliphatic carbocycles. The van der Waals surface area contributed by atoms with Gasteiger partial charge in [-0.25, -0.2) is 0 Å². The standard InChI is InChI=1S/C13H17N3O/c14-7-10-6-11(2-4-13(10)15)16-8-9-1-3-12(17)5-9/h2,4,6,9,12,16-17H,1,3,5,8,15H2. The highest BCUT2D eigenvalue weighted by Gasteiger charge is 2.22. The monoisotopic (exact) mass is 231 g/mol. The quantitative estimate of drug-likeness (QED) is 0.692. The van der Waals surface area contributed by atoms with Crippen molar-refractivity contribution in [3.63, 3.8) is 0 Å². The lowest BCUT2D eigenvalue weighted by Gasteiger charge is -2.12. The van der Waals surface area contributed by atoms with Gasteiger partial charge in [0, 0.05) is 17.9 Å². The number of rotatable bonds is 3. The lowest BCUT2D eigenvalue weighted by molar-refractivity contribution is 0.178.